The second-order valence-corrected chi connectivity index (χ2v) is 6.80. The summed E-state index contributed by atoms with van der Waals surface area (Å²) in [6.45, 7) is -1.18. The molecule has 0 bridgehead atoms. The lowest BCUT2D eigenvalue weighted by Gasteiger charge is -2.12. The van der Waals surface area contributed by atoms with Crippen molar-refractivity contribution in [3.8, 4) is 5.75 Å². The molecule has 158 valence electrons. The van der Waals surface area contributed by atoms with Gasteiger partial charge in [0.2, 0.25) is 5.91 Å². The number of aromatic nitrogens is 3. The molecule has 1 amide bonds. The summed E-state index contributed by atoms with van der Waals surface area (Å²) in [4.78, 5) is 15.5. The Bertz CT molecular complexity index is 1210. The second kappa shape index (κ2) is 8.78. The Hall–Kier alpha value is -4.01. The minimum atomic E-state index is -2.90. The molecular weight excluding hydrogens is 404 g/mol. The van der Waals surface area contributed by atoms with E-state index in [9.17, 15) is 13.6 Å². The zero-order valence-corrected chi connectivity index (χ0v) is 16.5. The minimum absolute atomic E-state index is 0.118. The number of amides is 1. The molecule has 0 aliphatic heterocycles. The van der Waals surface area contributed by atoms with Gasteiger partial charge in [-0.15, -0.1) is 0 Å². The highest BCUT2D eigenvalue weighted by atomic mass is 19.3. The van der Waals surface area contributed by atoms with E-state index >= 15 is 0 Å². The number of benzene rings is 2. The zero-order valence-electron chi connectivity index (χ0n) is 16.5. The summed E-state index contributed by atoms with van der Waals surface area (Å²) in [5, 5.41) is 11.1. The summed E-state index contributed by atoms with van der Waals surface area (Å²) in [5.74, 6) is 0.577. The third kappa shape index (κ3) is 4.95. The molecular formula is C22H19F2N5O2. The molecule has 0 aliphatic rings. The molecule has 2 heterocycles. The van der Waals surface area contributed by atoms with Crippen molar-refractivity contribution >= 4 is 34.0 Å². The molecule has 0 saturated heterocycles. The Morgan fingerprint density at radius 1 is 1.10 bits per heavy atom. The number of nitrogens with one attached hydrogen (secondary N) is 2. The molecule has 0 atom stereocenters. The lowest BCUT2D eigenvalue weighted by molar-refractivity contribution is -0.114. The summed E-state index contributed by atoms with van der Waals surface area (Å²) in [6.07, 6.45) is 3.36. The van der Waals surface area contributed by atoms with E-state index in [2.05, 4.69) is 25.5 Å². The number of halogens is 2. The molecule has 0 spiro atoms. The summed E-state index contributed by atoms with van der Waals surface area (Å²) in [5.41, 5.74) is 2.87. The van der Waals surface area contributed by atoms with E-state index in [-0.39, 0.29) is 18.2 Å². The first-order chi connectivity index (χ1) is 15.0. The van der Waals surface area contributed by atoms with Crippen LogP contribution in [-0.4, -0.2) is 27.3 Å². The third-order valence-electron chi connectivity index (χ3n) is 4.51. The summed E-state index contributed by atoms with van der Waals surface area (Å²) < 4.78 is 31.7. The predicted molar refractivity (Wildman–Crippen MR) is 114 cm³/mol. The maximum Gasteiger partial charge on any atom is 0.387 e. The van der Waals surface area contributed by atoms with Gasteiger partial charge in [0.05, 0.1) is 18.3 Å². The van der Waals surface area contributed by atoms with E-state index in [1.54, 1.807) is 47.4 Å². The molecule has 0 fully saturated rings. The zero-order chi connectivity index (χ0) is 21.8. The fraction of sp³-hybridized carbons (Fsp3) is 0.136. The number of pyridine rings is 1. The van der Waals surface area contributed by atoms with Gasteiger partial charge in [-0.2, -0.15) is 13.9 Å². The second-order valence-electron chi connectivity index (χ2n) is 6.80. The number of ether oxygens (including phenoxy) is 1. The molecule has 2 N–H and O–H groups in total. The maximum atomic E-state index is 12.7. The van der Waals surface area contributed by atoms with Crippen molar-refractivity contribution < 1.29 is 18.3 Å². The van der Waals surface area contributed by atoms with Crippen molar-refractivity contribution in [2.75, 3.05) is 10.6 Å². The molecule has 0 aliphatic carbocycles. The molecule has 2 aromatic carbocycles. The van der Waals surface area contributed by atoms with E-state index in [1.807, 2.05) is 18.2 Å². The van der Waals surface area contributed by atoms with Crippen LogP contribution < -0.4 is 15.4 Å². The Kier molecular flexibility index (Phi) is 5.74. The van der Waals surface area contributed by atoms with Crippen LogP contribution in [0.1, 0.15) is 12.5 Å². The van der Waals surface area contributed by atoms with Crippen LogP contribution in [0.4, 0.5) is 26.0 Å². The smallest absolute Gasteiger partial charge is 0.387 e. The van der Waals surface area contributed by atoms with Gasteiger partial charge in [0.25, 0.3) is 0 Å². The van der Waals surface area contributed by atoms with Crippen LogP contribution >= 0.6 is 0 Å². The van der Waals surface area contributed by atoms with Gasteiger partial charge < -0.3 is 15.4 Å². The summed E-state index contributed by atoms with van der Waals surface area (Å²) >= 11 is 0. The van der Waals surface area contributed by atoms with Gasteiger partial charge in [0.1, 0.15) is 11.6 Å². The Labute approximate surface area is 176 Å². The lowest BCUT2D eigenvalue weighted by atomic mass is 10.2. The average Bonchev–Trinajstić information content (AvgIpc) is 3.12. The van der Waals surface area contributed by atoms with E-state index in [0.717, 1.165) is 16.6 Å². The largest absolute Gasteiger partial charge is 0.434 e. The number of nitrogens with zero attached hydrogens (tertiary/aromatic N) is 3. The Balaban J connectivity index is 1.56. The van der Waals surface area contributed by atoms with Crippen molar-refractivity contribution in [1.29, 1.82) is 0 Å². The van der Waals surface area contributed by atoms with Gasteiger partial charge >= 0.3 is 6.61 Å². The monoisotopic (exact) mass is 423 g/mol. The number of carbonyl (C=O) groups excluding carboxylic acids is 1. The van der Waals surface area contributed by atoms with Crippen LogP contribution in [0.15, 0.2) is 67.0 Å². The quantitative estimate of drug-likeness (QED) is 0.447. The third-order valence-corrected chi connectivity index (χ3v) is 4.51. The Morgan fingerprint density at radius 3 is 2.58 bits per heavy atom. The van der Waals surface area contributed by atoms with Gasteiger partial charge in [-0.1, -0.05) is 18.2 Å². The highest BCUT2D eigenvalue weighted by Gasteiger charge is 2.12. The van der Waals surface area contributed by atoms with Crippen LogP contribution in [0.25, 0.3) is 10.9 Å². The molecule has 0 saturated carbocycles. The summed E-state index contributed by atoms with van der Waals surface area (Å²) in [7, 11) is 0. The van der Waals surface area contributed by atoms with Crippen LogP contribution in [0.3, 0.4) is 0 Å². The highest BCUT2D eigenvalue weighted by Crippen LogP contribution is 2.25. The van der Waals surface area contributed by atoms with Gasteiger partial charge in [0.15, 0.2) is 0 Å². The Morgan fingerprint density at radius 2 is 1.84 bits per heavy atom. The molecule has 7 nitrogen and oxygen atoms in total. The highest BCUT2D eigenvalue weighted by molar-refractivity contribution is 5.89. The molecule has 0 unspecified atom stereocenters. The van der Waals surface area contributed by atoms with Crippen molar-refractivity contribution in [3.05, 3.63) is 72.6 Å². The van der Waals surface area contributed by atoms with E-state index in [4.69, 9.17) is 0 Å². The predicted octanol–water partition coefficient (Wildman–Crippen LogP) is 4.78. The van der Waals surface area contributed by atoms with Crippen molar-refractivity contribution in [1.82, 2.24) is 14.8 Å². The number of rotatable bonds is 7. The number of alkyl halides is 2. The fourth-order valence-electron chi connectivity index (χ4n) is 3.16. The molecule has 4 aromatic rings. The SMILES string of the molecule is CC(=O)Nc1ccc(Nc2cc3c(cn2)cnn3Cc2ccccc2OC(F)F)cc1. The topological polar surface area (TPSA) is 81.1 Å². The lowest BCUT2D eigenvalue weighted by Crippen LogP contribution is -2.08. The van der Waals surface area contributed by atoms with E-state index < -0.39 is 6.61 Å². The first-order valence-electron chi connectivity index (χ1n) is 9.47. The van der Waals surface area contributed by atoms with E-state index in [0.29, 0.717) is 17.1 Å². The maximum absolute atomic E-state index is 12.7. The first kappa shape index (κ1) is 20.3. The van der Waals surface area contributed by atoms with Crippen molar-refractivity contribution in [3.63, 3.8) is 0 Å². The molecule has 9 heteroatoms. The number of para-hydroxylation sites is 1. The number of carbonyl (C=O) groups is 1. The normalized spacial score (nSPS) is 11.0. The van der Waals surface area contributed by atoms with Gasteiger partial charge in [0, 0.05) is 41.5 Å². The number of fused-ring (bicyclic) bond motifs is 1. The van der Waals surface area contributed by atoms with Crippen LogP contribution in [0.5, 0.6) is 5.75 Å². The molecule has 4 rings (SSSR count). The van der Waals surface area contributed by atoms with Crippen LogP contribution in [0, 0.1) is 0 Å². The standard InChI is InChI=1S/C22H19F2N5O2/c1-14(30)27-17-6-8-18(9-7-17)28-21-10-19-16(11-25-21)12-26-29(19)13-15-4-2-3-5-20(15)31-22(23)24/h2-12,22H,13H2,1H3,(H,25,28)(H,27,30). The number of hydrogen-bond acceptors (Lipinski definition) is 5. The van der Waals surface area contributed by atoms with Gasteiger partial charge in [-0.3, -0.25) is 9.48 Å². The fourth-order valence-corrected chi connectivity index (χ4v) is 3.16. The van der Waals surface area contributed by atoms with E-state index in [1.165, 1.54) is 13.0 Å². The average molecular weight is 423 g/mol. The van der Waals surface area contributed by atoms with Crippen LogP contribution in [0.2, 0.25) is 0 Å². The van der Waals surface area contributed by atoms with Gasteiger partial charge in [-0.05, 0) is 30.3 Å². The van der Waals surface area contributed by atoms with Crippen molar-refractivity contribution in [2.24, 2.45) is 0 Å². The molecule has 0 radical (unpaired) electrons. The molecule has 31 heavy (non-hydrogen) atoms. The summed E-state index contributed by atoms with van der Waals surface area (Å²) in [6, 6.07) is 15.7. The number of anilines is 3. The first-order valence-corrected chi connectivity index (χ1v) is 9.47. The minimum Gasteiger partial charge on any atom is -0.434 e. The number of hydrogen-bond donors (Lipinski definition) is 2. The molecule has 2 aromatic heterocycles. The van der Waals surface area contributed by atoms with Gasteiger partial charge in [-0.25, -0.2) is 4.98 Å². The van der Waals surface area contributed by atoms with Crippen LogP contribution in [-0.2, 0) is 11.3 Å². The van der Waals surface area contributed by atoms with Crippen molar-refractivity contribution in [2.45, 2.75) is 20.1 Å².